The zero-order valence-corrected chi connectivity index (χ0v) is 22.3. The second kappa shape index (κ2) is 8.25. The van der Waals surface area contributed by atoms with E-state index in [-0.39, 0.29) is 39.6 Å². The highest BCUT2D eigenvalue weighted by Gasteiger charge is 2.64. The first-order valence-corrected chi connectivity index (χ1v) is 13.6. The minimum atomic E-state index is -0.592. The summed E-state index contributed by atoms with van der Waals surface area (Å²) in [7, 11) is 0. The van der Waals surface area contributed by atoms with Gasteiger partial charge in [-0.15, -0.1) is 0 Å². The Bertz CT molecular complexity index is 862. The van der Waals surface area contributed by atoms with Gasteiger partial charge in [0, 0.05) is 0 Å². The van der Waals surface area contributed by atoms with Gasteiger partial charge in [0.25, 0.3) is 0 Å². The molecule has 7 atom stereocenters. The molecule has 0 radical (unpaired) electrons. The Labute approximate surface area is 202 Å². The molecule has 0 spiro atoms. The molecular formula is C30H48O3. The number of aliphatic hydroxyl groups excluding tert-OH is 1. The minimum absolute atomic E-state index is 0.0370. The summed E-state index contributed by atoms with van der Waals surface area (Å²) in [5.74, 6) is -0.0420. The van der Waals surface area contributed by atoms with Crippen molar-refractivity contribution < 1.29 is 15.0 Å². The standard InChI is InChI=1S/C30H48O3/c1-19(2)9-8-10-20(26(32)33)21-13-17-30(7)23-11-12-24-27(3,4)25(31)15-16-28(24,5)22(23)14-18-29(21,30)6/h9,20-21,24-25,31H,8,10-18H2,1-7H3,(H,32,33)/t20-,21+,24?,25+,28+,29-,30+/m0/s1. The van der Waals surface area contributed by atoms with Crippen LogP contribution in [0.3, 0.4) is 0 Å². The van der Waals surface area contributed by atoms with Gasteiger partial charge in [-0.1, -0.05) is 57.4 Å². The lowest BCUT2D eigenvalue weighted by Crippen LogP contribution is -2.55. The molecule has 2 saturated carbocycles. The van der Waals surface area contributed by atoms with E-state index < -0.39 is 5.97 Å². The molecule has 0 aromatic rings. The van der Waals surface area contributed by atoms with E-state index in [4.69, 9.17) is 0 Å². The number of aliphatic carboxylic acids is 1. The molecule has 0 amide bonds. The lowest BCUT2D eigenvalue weighted by Gasteiger charge is -2.62. The lowest BCUT2D eigenvalue weighted by atomic mass is 9.43. The van der Waals surface area contributed by atoms with Gasteiger partial charge in [-0.3, -0.25) is 4.79 Å². The second-order valence-corrected chi connectivity index (χ2v) is 13.5. The molecule has 0 saturated heterocycles. The van der Waals surface area contributed by atoms with Crippen LogP contribution in [0.4, 0.5) is 0 Å². The SMILES string of the molecule is CC(C)=CCC[C@H](C(=O)O)[C@H]1CC[C@]2(C)C3=C(CC[C@@]12C)[C@@]1(C)CC[C@@H](O)C(C)(C)C1CC3. The van der Waals surface area contributed by atoms with Crippen LogP contribution in [0.1, 0.15) is 113 Å². The number of rotatable bonds is 5. The van der Waals surface area contributed by atoms with E-state index in [1.165, 1.54) is 12.0 Å². The van der Waals surface area contributed by atoms with E-state index in [9.17, 15) is 15.0 Å². The average Bonchev–Trinajstić information content (AvgIpc) is 3.00. The van der Waals surface area contributed by atoms with Crippen LogP contribution in [0.15, 0.2) is 22.8 Å². The first-order valence-electron chi connectivity index (χ1n) is 13.6. The maximum absolute atomic E-state index is 12.5. The van der Waals surface area contributed by atoms with Crippen molar-refractivity contribution in [1.82, 2.24) is 0 Å². The second-order valence-electron chi connectivity index (χ2n) is 13.5. The number of allylic oxidation sites excluding steroid dienone is 4. The fraction of sp³-hybridized carbons (Fsp3) is 0.833. The summed E-state index contributed by atoms with van der Waals surface area (Å²) < 4.78 is 0. The van der Waals surface area contributed by atoms with Crippen molar-refractivity contribution in [2.45, 2.75) is 119 Å². The largest absolute Gasteiger partial charge is 0.481 e. The van der Waals surface area contributed by atoms with E-state index in [1.54, 1.807) is 11.1 Å². The molecule has 1 unspecified atom stereocenters. The smallest absolute Gasteiger partial charge is 0.306 e. The molecule has 0 aliphatic heterocycles. The van der Waals surface area contributed by atoms with Gasteiger partial charge in [-0.2, -0.15) is 0 Å². The van der Waals surface area contributed by atoms with Gasteiger partial charge in [-0.25, -0.2) is 0 Å². The van der Waals surface area contributed by atoms with Crippen molar-refractivity contribution in [2.24, 2.45) is 39.4 Å². The van der Waals surface area contributed by atoms with Crippen LogP contribution in [-0.4, -0.2) is 22.3 Å². The number of hydrogen-bond acceptors (Lipinski definition) is 2. The predicted octanol–water partition coefficient (Wildman–Crippen LogP) is 7.54. The summed E-state index contributed by atoms with van der Waals surface area (Å²) in [6.45, 7) is 16.2. The molecule has 0 heterocycles. The van der Waals surface area contributed by atoms with E-state index in [2.05, 4.69) is 54.5 Å². The summed E-state index contributed by atoms with van der Waals surface area (Å²) >= 11 is 0. The van der Waals surface area contributed by atoms with Crippen LogP contribution in [0, 0.1) is 39.4 Å². The Morgan fingerprint density at radius 2 is 1.70 bits per heavy atom. The fourth-order valence-electron chi connectivity index (χ4n) is 9.41. The molecule has 3 heteroatoms. The Hall–Kier alpha value is -1.09. The molecule has 4 aliphatic carbocycles. The van der Waals surface area contributed by atoms with Gasteiger partial charge in [0.15, 0.2) is 0 Å². The van der Waals surface area contributed by atoms with Crippen molar-refractivity contribution in [3.8, 4) is 0 Å². The molecule has 2 N–H and O–H groups in total. The summed E-state index contributed by atoms with van der Waals surface area (Å²) in [5.41, 5.74) is 5.00. The van der Waals surface area contributed by atoms with Gasteiger partial charge in [0.05, 0.1) is 12.0 Å². The third kappa shape index (κ3) is 3.58. The van der Waals surface area contributed by atoms with Gasteiger partial charge in [0.2, 0.25) is 0 Å². The molecule has 4 aliphatic rings. The molecule has 0 aromatic carbocycles. The van der Waals surface area contributed by atoms with Crippen LogP contribution in [0.25, 0.3) is 0 Å². The number of aliphatic hydroxyl groups is 1. The minimum Gasteiger partial charge on any atom is -0.481 e. The van der Waals surface area contributed by atoms with E-state index in [0.717, 1.165) is 57.8 Å². The fourth-order valence-corrected chi connectivity index (χ4v) is 9.41. The quantitative estimate of drug-likeness (QED) is 0.420. The van der Waals surface area contributed by atoms with Crippen LogP contribution < -0.4 is 0 Å². The number of carboxylic acids is 1. The Morgan fingerprint density at radius 3 is 2.33 bits per heavy atom. The van der Waals surface area contributed by atoms with Crippen LogP contribution in [0.5, 0.6) is 0 Å². The van der Waals surface area contributed by atoms with E-state index in [0.29, 0.717) is 5.92 Å². The summed E-state index contributed by atoms with van der Waals surface area (Å²) in [6, 6.07) is 0. The third-order valence-electron chi connectivity index (χ3n) is 11.6. The lowest BCUT2D eigenvalue weighted by molar-refractivity contribution is -0.146. The number of fused-ring (bicyclic) bond motifs is 4. The van der Waals surface area contributed by atoms with Gasteiger partial charge in [0.1, 0.15) is 0 Å². The van der Waals surface area contributed by atoms with E-state index in [1.807, 2.05) is 0 Å². The van der Waals surface area contributed by atoms with Crippen LogP contribution in [0.2, 0.25) is 0 Å². The zero-order valence-electron chi connectivity index (χ0n) is 22.3. The molecule has 2 fully saturated rings. The summed E-state index contributed by atoms with van der Waals surface area (Å²) in [4.78, 5) is 12.5. The van der Waals surface area contributed by atoms with Gasteiger partial charge in [-0.05, 0) is 112 Å². The van der Waals surface area contributed by atoms with Crippen molar-refractivity contribution in [3.05, 3.63) is 22.8 Å². The van der Waals surface area contributed by atoms with Crippen molar-refractivity contribution in [3.63, 3.8) is 0 Å². The van der Waals surface area contributed by atoms with Gasteiger partial charge < -0.3 is 10.2 Å². The van der Waals surface area contributed by atoms with Crippen molar-refractivity contribution in [2.75, 3.05) is 0 Å². The maximum Gasteiger partial charge on any atom is 0.306 e. The molecule has 0 bridgehead atoms. The normalized spacial score (nSPS) is 42.7. The average molecular weight is 457 g/mol. The maximum atomic E-state index is 12.5. The highest BCUT2D eigenvalue weighted by molar-refractivity contribution is 5.70. The first-order chi connectivity index (χ1) is 15.3. The van der Waals surface area contributed by atoms with Crippen LogP contribution in [-0.2, 0) is 4.79 Å². The third-order valence-corrected chi connectivity index (χ3v) is 11.6. The molecule has 186 valence electrons. The molecular weight excluding hydrogens is 408 g/mol. The number of carbonyl (C=O) groups is 1. The molecule has 0 aromatic heterocycles. The highest BCUT2D eigenvalue weighted by atomic mass is 16.4. The topological polar surface area (TPSA) is 57.5 Å². The molecule has 33 heavy (non-hydrogen) atoms. The predicted molar refractivity (Wildman–Crippen MR) is 135 cm³/mol. The zero-order chi connectivity index (χ0) is 24.4. The van der Waals surface area contributed by atoms with Crippen molar-refractivity contribution >= 4 is 5.97 Å². The number of carboxylic acid groups (broad SMARTS) is 1. The van der Waals surface area contributed by atoms with Gasteiger partial charge >= 0.3 is 5.97 Å². The van der Waals surface area contributed by atoms with Crippen molar-refractivity contribution in [1.29, 1.82) is 0 Å². The Kier molecular flexibility index (Phi) is 6.25. The molecule has 3 nitrogen and oxygen atoms in total. The molecule has 4 rings (SSSR count). The van der Waals surface area contributed by atoms with Crippen LogP contribution >= 0.6 is 0 Å². The Morgan fingerprint density at radius 1 is 1.00 bits per heavy atom. The number of hydrogen-bond donors (Lipinski definition) is 2. The Balaban J connectivity index is 1.69. The highest BCUT2D eigenvalue weighted by Crippen LogP contribution is 2.72. The summed E-state index contributed by atoms with van der Waals surface area (Å²) in [5, 5.41) is 21.0. The van der Waals surface area contributed by atoms with E-state index >= 15 is 0 Å². The monoisotopic (exact) mass is 456 g/mol. The summed E-state index contributed by atoms with van der Waals surface area (Å²) in [6.07, 6.45) is 12.3. The first kappa shape index (κ1) is 25.0.